The highest BCUT2D eigenvalue weighted by atomic mass is 15.2. The Labute approximate surface area is 278 Å². The van der Waals surface area contributed by atoms with E-state index in [-0.39, 0.29) is 0 Å². The van der Waals surface area contributed by atoms with Crippen molar-refractivity contribution in [1.82, 2.24) is 10.3 Å². The molecule has 1 N–H and O–H groups in total. The Morgan fingerprint density at radius 2 is 1.02 bits per heavy atom. The fraction of sp³-hybridized carbons (Fsp3) is 0.0227. The molecule has 0 saturated carbocycles. The molecular weight excluding hydrogens is 585 g/mol. The van der Waals surface area contributed by atoms with Crippen molar-refractivity contribution < 1.29 is 0 Å². The zero-order valence-corrected chi connectivity index (χ0v) is 26.1. The van der Waals surface area contributed by atoms with E-state index in [0.29, 0.717) is 0 Å². The molecule has 2 heterocycles. The van der Waals surface area contributed by atoms with E-state index >= 15 is 0 Å². The van der Waals surface area contributed by atoms with Crippen molar-refractivity contribution in [2.24, 2.45) is 9.98 Å². The molecule has 4 nitrogen and oxygen atoms in total. The predicted molar refractivity (Wildman–Crippen MR) is 199 cm³/mol. The third-order valence-corrected chi connectivity index (χ3v) is 9.17. The van der Waals surface area contributed by atoms with E-state index in [0.717, 1.165) is 72.1 Å². The average molecular weight is 615 g/mol. The zero-order valence-electron chi connectivity index (χ0n) is 26.1. The normalized spacial score (nSPS) is 14.5. The van der Waals surface area contributed by atoms with Crippen LogP contribution in [0, 0.1) is 0 Å². The Morgan fingerprint density at radius 3 is 1.81 bits per heavy atom. The van der Waals surface area contributed by atoms with Crippen molar-refractivity contribution in [2.75, 3.05) is 0 Å². The predicted octanol–water partition coefficient (Wildman–Crippen LogP) is 10.4. The van der Waals surface area contributed by atoms with Crippen LogP contribution in [0.4, 0.5) is 0 Å². The van der Waals surface area contributed by atoms with Crippen LogP contribution < -0.4 is 5.32 Å². The van der Waals surface area contributed by atoms with Gasteiger partial charge in [-0.1, -0.05) is 158 Å². The Bertz CT molecular complexity index is 2510. The second kappa shape index (κ2) is 11.8. The SMILES string of the molecule is c1ccc(-c2ccc(C3N=C(c4ccccc4-c4ccccc4)NC(c4cccc5ccc6ncc7ccccc7c6c45)=N3)cc2)cc1. The van der Waals surface area contributed by atoms with Crippen LogP contribution in [0.1, 0.15) is 22.9 Å². The third kappa shape index (κ3) is 4.91. The molecule has 1 aliphatic heterocycles. The number of fused-ring (bicyclic) bond motifs is 5. The highest BCUT2D eigenvalue weighted by Crippen LogP contribution is 2.35. The summed E-state index contributed by atoms with van der Waals surface area (Å²) in [5, 5.41) is 9.40. The lowest BCUT2D eigenvalue weighted by atomic mass is 9.95. The van der Waals surface area contributed by atoms with Crippen LogP contribution in [0.3, 0.4) is 0 Å². The van der Waals surface area contributed by atoms with E-state index in [1.807, 2.05) is 18.3 Å². The molecule has 0 saturated heterocycles. The molecule has 0 spiro atoms. The molecule has 1 aromatic heterocycles. The molecule has 4 heteroatoms. The molecular formula is C44H30N4. The number of nitrogens with zero attached hydrogens (tertiary/aromatic N) is 3. The molecule has 1 atom stereocenters. The molecule has 0 aliphatic carbocycles. The van der Waals surface area contributed by atoms with Crippen LogP contribution in [0.15, 0.2) is 180 Å². The minimum absolute atomic E-state index is 0.440. The van der Waals surface area contributed by atoms with Gasteiger partial charge in [0.2, 0.25) is 0 Å². The van der Waals surface area contributed by atoms with Gasteiger partial charge in [0.05, 0.1) is 5.52 Å². The van der Waals surface area contributed by atoms with Crippen LogP contribution in [0.2, 0.25) is 0 Å². The average Bonchev–Trinajstić information content (AvgIpc) is 3.18. The van der Waals surface area contributed by atoms with E-state index in [9.17, 15) is 0 Å². The van der Waals surface area contributed by atoms with Gasteiger partial charge in [-0.3, -0.25) is 4.98 Å². The first-order valence-electron chi connectivity index (χ1n) is 16.2. The second-order valence-corrected chi connectivity index (χ2v) is 12.1. The zero-order chi connectivity index (χ0) is 31.9. The summed E-state index contributed by atoms with van der Waals surface area (Å²) in [6.07, 6.45) is 1.52. The summed E-state index contributed by atoms with van der Waals surface area (Å²) in [4.78, 5) is 15.5. The van der Waals surface area contributed by atoms with Gasteiger partial charge in [0.15, 0.2) is 6.17 Å². The van der Waals surface area contributed by atoms with Crippen molar-refractivity contribution in [3.05, 3.63) is 187 Å². The van der Waals surface area contributed by atoms with Gasteiger partial charge in [-0.05, 0) is 44.7 Å². The molecule has 1 unspecified atom stereocenters. The van der Waals surface area contributed by atoms with Gasteiger partial charge in [0.1, 0.15) is 11.7 Å². The Hall–Kier alpha value is -6.39. The third-order valence-electron chi connectivity index (χ3n) is 9.17. The van der Waals surface area contributed by atoms with Gasteiger partial charge in [-0.25, -0.2) is 9.98 Å². The maximum absolute atomic E-state index is 5.34. The smallest absolute Gasteiger partial charge is 0.169 e. The van der Waals surface area contributed by atoms with Crippen molar-refractivity contribution in [3.63, 3.8) is 0 Å². The topological polar surface area (TPSA) is 49.6 Å². The van der Waals surface area contributed by atoms with Gasteiger partial charge >= 0.3 is 0 Å². The number of rotatable bonds is 5. The van der Waals surface area contributed by atoms with E-state index < -0.39 is 6.17 Å². The number of pyridine rings is 1. The molecule has 48 heavy (non-hydrogen) atoms. The first-order chi connectivity index (χ1) is 23.8. The summed E-state index contributed by atoms with van der Waals surface area (Å²) in [6.45, 7) is 0. The lowest BCUT2D eigenvalue weighted by molar-refractivity contribution is 0.756. The van der Waals surface area contributed by atoms with Gasteiger partial charge in [0, 0.05) is 33.5 Å². The molecule has 0 amide bonds. The minimum Gasteiger partial charge on any atom is -0.324 e. The van der Waals surface area contributed by atoms with E-state index in [2.05, 4.69) is 157 Å². The maximum Gasteiger partial charge on any atom is 0.169 e. The molecule has 8 aromatic rings. The largest absolute Gasteiger partial charge is 0.324 e. The lowest BCUT2D eigenvalue weighted by Crippen LogP contribution is -2.36. The standard InChI is InChI=1S/C44H30N4/c1-3-12-29(13-4-1)30-22-24-33(25-23-30)42-46-43(37-20-10-9-18-35(37)31-14-5-2-6-15-31)48-44(47-42)38-21-11-17-32-26-27-39-41(40(32)38)36-19-8-7-16-34(36)28-45-39/h1-28,42H,(H,46,47,48). The Morgan fingerprint density at radius 1 is 0.417 bits per heavy atom. The number of aliphatic imine (C=N–C) groups is 2. The summed E-state index contributed by atoms with van der Waals surface area (Å²) in [5.74, 6) is 1.57. The number of benzene rings is 7. The summed E-state index contributed by atoms with van der Waals surface area (Å²) in [7, 11) is 0. The fourth-order valence-electron chi connectivity index (χ4n) is 6.83. The van der Waals surface area contributed by atoms with Crippen LogP contribution in [-0.4, -0.2) is 16.7 Å². The van der Waals surface area contributed by atoms with Crippen molar-refractivity contribution >= 4 is 44.1 Å². The molecule has 9 rings (SSSR count). The van der Waals surface area contributed by atoms with Crippen molar-refractivity contribution in [1.29, 1.82) is 0 Å². The van der Waals surface area contributed by atoms with Gasteiger partial charge in [-0.15, -0.1) is 0 Å². The van der Waals surface area contributed by atoms with E-state index in [4.69, 9.17) is 15.0 Å². The Kier molecular flexibility index (Phi) is 6.83. The van der Waals surface area contributed by atoms with Crippen molar-refractivity contribution in [3.8, 4) is 22.3 Å². The maximum atomic E-state index is 5.34. The van der Waals surface area contributed by atoms with Gasteiger partial charge < -0.3 is 5.32 Å². The fourth-order valence-corrected chi connectivity index (χ4v) is 6.83. The molecule has 0 radical (unpaired) electrons. The van der Waals surface area contributed by atoms with Crippen LogP contribution in [-0.2, 0) is 0 Å². The summed E-state index contributed by atoms with van der Waals surface area (Å²) in [6, 6.07) is 57.2. The summed E-state index contributed by atoms with van der Waals surface area (Å²) < 4.78 is 0. The van der Waals surface area contributed by atoms with E-state index in [1.54, 1.807) is 0 Å². The van der Waals surface area contributed by atoms with Crippen LogP contribution in [0.5, 0.6) is 0 Å². The monoisotopic (exact) mass is 614 g/mol. The number of hydrogen-bond acceptors (Lipinski definition) is 4. The number of amidine groups is 2. The number of hydrogen-bond donors (Lipinski definition) is 1. The van der Waals surface area contributed by atoms with E-state index in [1.165, 1.54) is 10.9 Å². The second-order valence-electron chi connectivity index (χ2n) is 12.1. The lowest BCUT2D eigenvalue weighted by Gasteiger charge is -2.24. The molecule has 0 fully saturated rings. The minimum atomic E-state index is -0.440. The quantitative estimate of drug-likeness (QED) is 0.196. The number of nitrogens with one attached hydrogen (secondary N) is 1. The summed E-state index contributed by atoms with van der Waals surface area (Å²) >= 11 is 0. The van der Waals surface area contributed by atoms with Crippen LogP contribution in [0.25, 0.3) is 54.7 Å². The van der Waals surface area contributed by atoms with Crippen molar-refractivity contribution in [2.45, 2.75) is 6.17 Å². The highest BCUT2D eigenvalue weighted by Gasteiger charge is 2.24. The first-order valence-corrected chi connectivity index (χ1v) is 16.2. The van der Waals surface area contributed by atoms with Gasteiger partial charge in [0.25, 0.3) is 0 Å². The molecule has 0 bridgehead atoms. The van der Waals surface area contributed by atoms with Gasteiger partial charge in [-0.2, -0.15) is 0 Å². The molecule has 1 aliphatic rings. The van der Waals surface area contributed by atoms with Crippen LogP contribution >= 0.6 is 0 Å². The first kappa shape index (κ1) is 27.9. The Balaban J connectivity index is 1.25. The summed E-state index contributed by atoms with van der Waals surface area (Å²) in [5.41, 5.74) is 8.63. The molecule has 7 aromatic carbocycles. The molecule has 226 valence electrons. The highest BCUT2D eigenvalue weighted by molar-refractivity contribution is 6.28. The number of aromatic nitrogens is 1.